The quantitative estimate of drug-likeness (QED) is 0.893. The van der Waals surface area contributed by atoms with E-state index < -0.39 is 0 Å². The molecule has 2 bridgehead atoms. The van der Waals surface area contributed by atoms with Crippen LogP contribution in [0.4, 0.5) is 0 Å². The van der Waals surface area contributed by atoms with Gasteiger partial charge in [-0.15, -0.1) is 0 Å². The molecule has 1 aromatic rings. The van der Waals surface area contributed by atoms with Crippen molar-refractivity contribution in [1.29, 1.82) is 0 Å². The fraction of sp³-hybridized carbons (Fsp3) is 0.857. The van der Waals surface area contributed by atoms with Crippen LogP contribution in [0.5, 0.6) is 0 Å². The number of aliphatic hydroxyl groups is 1. The summed E-state index contributed by atoms with van der Waals surface area (Å²) < 4.78 is 5.57. The summed E-state index contributed by atoms with van der Waals surface area (Å²) in [6.07, 6.45) is 9.12. The van der Waals surface area contributed by atoms with Gasteiger partial charge in [-0.3, -0.25) is 0 Å². The van der Waals surface area contributed by atoms with Gasteiger partial charge in [0.15, 0.2) is 5.82 Å². The summed E-state index contributed by atoms with van der Waals surface area (Å²) >= 11 is 0. The zero-order valence-corrected chi connectivity index (χ0v) is 10.7. The molecule has 1 heterocycles. The van der Waals surface area contributed by atoms with Gasteiger partial charge < -0.3 is 9.63 Å². The third kappa shape index (κ3) is 1.48. The molecule has 4 nitrogen and oxygen atoms in total. The number of hydrogen-bond acceptors (Lipinski definition) is 4. The Morgan fingerprint density at radius 3 is 2.33 bits per heavy atom. The molecule has 1 aromatic heterocycles. The molecule has 1 N–H and O–H groups in total. The van der Waals surface area contributed by atoms with Crippen LogP contribution in [0.2, 0.25) is 0 Å². The fourth-order valence-electron chi connectivity index (χ4n) is 3.78. The van der Waals surface area contributed by atoms with Crippen LogP contribution in [0.25, 0.3) is 0 Å². The summed E-state index contributed by atoms with van der Waals surface area (Å²) in [5.74, 6) is 2.39. The molecule has 0 amide bonds. The molecule has 4 aliphatic carbocycles. The van der Waals surface area contributed by atoms with Crippen LogP contribution in [0.3, 0.4) is 0 Å². The first-order valence-electron chi connectivity index (χ1n) is 7.20. The van der Waals surface area contributed by atoms with E-state index in [2.05, 4.69) is 10.1 Å². The molecule has 5 rings (SSSR count). The minimum atomic E-state index is 0.136. The van der Waals surface area contributed by atoms with Gasteiger partial charge in [-0.25, -0.2) is 0 Å². The van der Waals surface area contributed by atoms with Crippen molar-refractivity contribution < 1.29 is 9.63 Å². The van der Waals surface area contributed by atoms with Gasteiger partial charge >= 0.3 is 0 Å². The maximum atomic E-state index is 9.55. The van der Waals surface area contributed by atoms with Crippen LogP contribution < -0.4 is 0 Å². The summed E-state index contributed by atoms with van der Waals surface area (Å²) in [6.45, 7) is 0.347. The Morgan fingerprint density at radius 1 is 1.11 bits per heavy atom. The third-order valence-corrected chi connectivity index (χ3v) is 5.57. The number of nitrogens with zero attached hydrogens (tertiary/aromatic N) is 2. The van der Waals surface area contributed by atoms with Gasteiger partial charge in [-0.05, 0) is 56.8 Å². The van der Waals surface area contributed by atoms with Gasteiger partial charge in [0.25, 0.3) is 0 Å². The van der Waals surface area contributed by atoms with Crippen molar-refractivity contribution >= 4 is 0 Å². The van der Waals surface area contributed by atoms with Crippen LogP contribution in [0.15, 0.2) is 4.52 Å². The van der Waals surface area contributed by atoms with E-state index >= 15 is 0 Å². The predicted molar refractivity (Wildman–Crippen MR) is 65.2 cm³/mol. The Hall–Kier alpha value is -0.900. The standard InChI is InChI=1S/C14H20N2O2/c17-9-13-3-6-14(7-4-13,8-5-13)12-15-11(16-18-12)10-1-2-10/h10,17H,1-9H2. The van der Waals surface area contributed by atoms with Crippen LogP contribution in [-0.2, 0) is 5.41 Å². The number of fused-ring (bicyclic) bond motifs is 3. The first-order valence-corrected chi connectivity index (χ1v) is 7.20. The molecule has 0 aromatic carbocycles. The summed E-state index contributed by atoms with van der Waals surface area (Å²) in [5, 5.41) is 13.7. The first-order chi connectivity index (χ1) is 8.75. The van der Waals surface area contributed by atoms with E-state index in [1.165, 1.54) is 12.8 Å². The van der Waals surface area contributed by atoms with E-state index in [1.54, 1.807) is 0 Å². The predicted octanol–water partition coefficient (Wildman–Crippen LogP) is 2.53. The third-order valence-electron chi connectivity index (χ3n) is 5.57. The molecule has 4 fully saturated rings. The average Bonchev–Trinajstić information content (AvgIpc) is 3.18. The molecular weight excluding hydrogens is 228 g/mol. The molecule has 0 radical (unpaired) electrons. The first kappa shape index (κ1) is 11.0. The van der Waals surface area contributed by atoms with Crippen molar-refractivity contribution in [3.05, 3.63) is 11.7 Å². The van der Waals surface area contributed by atoms with E-state index in [9.17, 15) is 5.11 Å². The molecule has 0 spiro atoms. The van der Waals surface area contributed by atoms with Crippen LogP contribution >= 0.6 is 0 Å². The highest BCUT2D eigenvalue weighted by Gasteiger charge is 2.52. The van der Waals surface area contributed by atoms with Gasteiger partial charge in [0.2, 0.25) is 5.89 Å². The van der Waals surface area contributed by atoms with E-state index in [0.29, 0.717) is 12.5 Å². The molecule has 4 heteroatoms. The molecule has 0 atom stereocenters. The number of aliphatic hydroxyl groups excluding tert-OH is 1. The van der Waals surface area contributed by atoms with Crippen LogP contribution in [0, 0.1) is 5.41 Å². The Bertz CT molecular complexity index is 440. The normalized spacial score (nSPS) is 39.2. The fourth-order valence-corrected chi connectivity index (χ4v) is 3.78. The van der Waals surface area contributed by atoms with Gasteiger partial charge in [-0.1, -0.05) is 5.16 Å². The summed E-state index contributed by atoms with van der Waals surface area (Å²) in [4.78, 5) is 4.67. The molecule has 0 saturated heterocycles. The zero-order chi connectivity index (χ0) is 12.2. The smallest absolute Gasteiger partial charge is 0.232 e. The minimum Gasteiger partial charge on any atom is -0.396 e. The highest BCUT2D eigenvalue weighted by Crippen LogP contribution is 2.57. The topological polar surface area (TPSA) is 59.2 Å². The Labute approximate surface area is 107 Å². The Morgan fingerprint density at radius 2 is 1.78 bits per heavy atom. The van der Waals surface area contributed by atoms with Crippen molar-refractivity contribution in [1.82, 2.24) is 10.1 Å². The highest BCUT2D eigenvalue weighted by atomic mass is 16.5. The highest BCUT2D eigenvalue weighted by molar-refractivity contribution is 5.15. The number of rotatable bonds is 3. The van der Waals surface area contributed by atoms with Gasteiger partial charge in [0.1, 0.15) is 0 Å². The van der Waals surface area contributed by atoms with E-state index in [4.69, 9.17) is 4.52 Å². The van der Waals surface area contributed by atoms with Crippen molar-refractivity contribution in [2.75, 3.05) is 6.61 Å². The SMILES string of the molecule is OCC12CCC(c3nc(C4CC4)no3)(CC1)CC2. The minimum absolute atomic E-state index is 0.136. The molecule has 0 unspecified atom stereocenters. The van der Waals surface area contributed by atoms with E-state index in [1.807, 2.05) is 0 Å². The summed E-state index contributed by atoms with van der Waals surface area (Å²) in [6, 6.07) is 0. The molecule has 4 aliphatic rings. The van der Waals surface area contributed by atoms with E-state index in [-0.39, 0.29) is 10.8 Å². The largest absolute Gasteiger partial charge is 0.396 e. The monoisotopic (exact) mass is 248 g/mol. The lowest BCUT2D eigenvalue weighted by atomic mass is 9.54. The van der Waals surface area contributed by atoms with Crippen LogP contribution in [0.1, 0.15) is 69.0 Å². The molecular formula is C14H20N2O2. The lowest BCUT2D eigenvalue weighted by Crippen LogP contribution is -2.46. The summed E-state index contributed by atoms with van der Waals surface area (Å²) in [5.41, 5.74) is 0.345. The average molecular weight is 248 g/mol. The molecule has 98 valence electrons. The van der Waals surface area contributed by atoms with E-state index in [0.717, 1.165) is 50.2 Å². The maximum Gasteiger partial charge on any atom is 0.232 e. The van der Waals surface area contributed by atoms with Crippen molar-refractivity contribution in [3.8, 4) is 0 Å². The van der Waals surface area contributed by atoms with Gasteiger partial charge in [0.05, 0.1) is 0 Å². The lowest BCUT2D eigenvalue weighted by Gasteiger charge is -2.51. The lowest BCUT2D eigenvalue weighted by molar-refractivity contribution is -0.0175. The second-order valence-electron chi connectivity index (χ2n) is 6.67. The molecule has 0 aliphatic heterocycles. The van der Waals surface area contributed by atoms with Crippen molar-refractivity contribution in [3.63, 3.8) is 0 Å². The Balaban J connectivity index is 1.60. The second-order valence-corrected chi connectivity index (χ2v) is 6.67. The van der Waals surface area contributed by atoms with Crippen molar-refractivity contribution in [2.24, 2.45) is 5.41 Å². The summed E-state index contributed by atoms with van der Waals surface area (Å²) in [7, 11) is 0. The van der Waals surface area contributed by atoms with Gasteiger partial charge in [0, 0.05) is 17.9 Å². The molecule has 18 heavy (non-hydrogen) atoms. The van der Waals surface area contributed by atoms with Crippen molar-refractivity contribution in [2.45, 2.75) is 62.7 Å². The Kier molecular flexibility index (Phi) is 2.17. The maximum absolute atomic E-state index is 9.55. The zero-order valence-electron chi connectivity index (χ0n) is 10.7. The second kappa shape index (κ2) is 3.56. The number of hydrogen-bond donors (Lipinski definition) is 1. The number of aromatic nitrogens is 2. The van der Waals surface area contributed by atoms with Crippen LogP contribution in [-0.4, -0.2) is 21.9 Å². The molecule has 4 saturated carbocycles. The van der Waals surface area contributed by atoms with Gasteiger partial charge in [-0.2, -0.15) is 4.98 Å².